The molecule has 1 aromatic carbocycles. The lowest BCUT2D eigenvalue weighted by Crippen LogP contribution is -2.25. The average molecular weight is 419 g/mol. The Morgan fingerprint density at radius 1 is 1.20 bits per heavy atom. The van der Waals surface area contributed by atoms with Crippen molar-refractivity contribution >= 4 is 33.3 Å². The summed E-state index contributed by atoms with van der Waals surface area (Å²) < 4.78 is 1.81. The summed E-state index contributed by atoms with van der Waals surface area (Å²) in [5.74, 6) is -0.171. The van der Waals surface area contributed by atoms with Crippen molar-refractivity contribution < 1.29 is 4.79 Å². The molecule has 4 aromatic rings. The summed E-state index contributed by atoms with van der Waals surface area (Å²) in [6.45, 7) is 3.87. The highest BCUT2D eigenvalue weighted by molar-refractivity contribution is 7.15. The highest BCUT2D eigenvalue weighted by atomic mass is 32.1. The van der Waals surface area contributed by atoms with Crippen LogP contribution in [0, 0.1) is 6.92 Å². The van der Waals surface area contributed by atoms with Crippen LogP contribution in [-0.2, 0) is 20.0 Å². The number of nitrogens with zero attached hydrogens (tertiary/aromatic N) is 5. The Morgan fingerprint density at radius 2 is 2.03 bits per heavy atom. The van der Waals surface area contributed by atoms with Crippen molar-refractivity contribution in [3.05, 3.63) is 58.4 Å². The average Bonchev–Trinajstić information content (AvgIpc) is 3.29. The minimum Gasteiger partial charge on any atom is -0.301 e. The molecule has 0 bridgehead atoms. The largest absolute Gasteiger partial charge is 0.301 e. The zero-order chi connectivity index (χ0) is 20.8. The van der Waals surface area contributed by atoms with Gasteiger partial charge in [0.15, 0.2) is 5.13 Å². The monoisotopic (exact) mass is 418 g/mol. The lowest BCUT2D eigenvalue weighted by Gasteiger charge is -2.20. The first-order valence-corrected chi connectivity index (χ1v) is 10.7. The molecule has 152 valence electrons. The second-order valence-electron chi connectivity index (χ2n) is 7.67. The van der Waals surface area contributed by atoms with Gasteiger partial charge in [-0.05, 0) is 26.1 Å². The number of hydrogen-bond acceptors (Lipinski definition) is 6. The van der Waals surface area contributed by atoms with Crippen LogP contribution in [0.5, 0.6) is 0 Å². The van der Waals surface area contributed by atoms with Crippen LogP contribution in [0.25, 0.3) is 22.2 Å². The van der Waals surface area contributed by atoms with Crippen molar-refractivity contribution in [1.82, 2.24) is 24.6 Å². The van der Waals surface area contributed by atoms with Gasteiger partial charge in [-0.15, -0.1) is 11.3 Å². The molecule has 4 heterocycles. The van der Waals surface area contributed by atoms with Gasteiger partial charge in [0.05, 0.1) is 28.7 Å². The molecule has 1 amide bonds. The van der Waals surface area contributed by atoms with E-state index < -0.39 is 0 Å². The van der Waals surface area contributed by atoms with Crippen LogP contribution in [0.15, 0.2) is 36.5 Å². The molecule has 1 N–H and O–H groups in total. The van der Waals surface area contributed by atoms with E-state index in [4.69, 9.17) is 4.98 Å². The van der Waals surface area contributed by atoms with E-state index in [1.165, 1.54) is 4.88 Å². The molecule has 0 atom stereocenters. The van der Waals surface area contributed by atoms with Crippen LogP contribution in [0.2, 0.25) is 0 Å². The van der Waals surface area contributed by atoms with Crippen LogP contribution < -0.4 is 5.32 Å². The van der Waals surface area contributed by atoms with Crippen LogP contribution in [-0.4, -0.2) is 44.1 Å². The number of anilines is 1. The molecule has 0 unspecified atom stereocenters. The van der Waals surface area contributed by atoms with E-state index in [1.807, 2.05) is 49.0 Å². The summed E-state index contributed by atoms with van der Waals surface area (Å²) in [7, 11) is 4.00. The first-order chi connectivity index (χ1) is 14.5. The Bertz CT molecular complexity index is 1270. The summed E-state index contributed by atoms with van der Waals surface area (Å²) in [4.78, 5) is 26.2. The van der Waals surface area contributed by atoms with Gasteiger partial charge >= 0.3 is 0 Å². The van der Waals surface area contributed by atoms with Gasteiger partial charge in [0.1, 0.15) is 0 Å². The predicted molar refractivity (Wildman–Crippen MR) is 119 cm³/mol. The fraction of sp³-hybridized carbons (Fsp3) is 0.273. The molecular formula is C22H22N6OS. The number of carbonyl (C=O) groups excluding carboxylic acids is 1. The molecule has 8 heteroatoms. The number of carbonyl (C=O) groups is 1. The highest BCUT2D eigenvalue weighted by Gasteiger charge is 2.21. The molecule has 0 aliphatic carbocycles. The zero-order valence-corrected chi connectivity index (χ0v) is 18.0. The first-order valence-electron chi connectivity index (χ1n) is 9.87. The number of aromatic nitrogens is 4. The second-order valence-corrected chi connectivity index (χ2v) is 8.75. The molecule has 0 radical (unpaired) electrons. The SMILES string of the molecule is Cc1c(-c2cc(C(=O)Nc3nc4c(s3)CN(C)CC4)c3ccccc3n2)cnn1C. The number of hydrogen-bond donors (Lipinski definition) is 1. The molecular weight excluding hydrogens is 396 g/mol. The van der Waals surface area contributed by atoms with E-state index in [9.17, 15) is 4.79 Å². The highest BCUT2D eigenvalue weighted by Crippen LogP contribution is 2.30. The van der Waals surface area contributed by atoms with Crippen LogP contribution in [0.3, 0.4) is 0 Å². The smallest absolute Gasteiger partial charge is 0.258 e. The van der Waals surface area contributed by atoms with Crippen molar-refractivity contribution in [2.45, 2.75) is 19.9 Å². The van der Waals surface area contributed by atoms with Crippen molar-refractivity contribution in [1.29, 1.82) is 0 Å². The van der Waals surface area contributed by atoms with Gasteiger partial charge in [-0.1, -0.05) is 18.2 Å². The zero-order valence-electron chi connectivity index (χ0n) is 17.1. The minimum absolute atomic E-state index is 0.171. The fourth-order valence-corrected chi connectivity index (χ4v) is 4.88. The van der Waals surface area contributed by atoms with Gasteiger partial charge in [-0.3, -0.25) is 14.8 Å². The summed E-state index contributed by atoms with van der Waals surface area (Å²) in [6, 6.07) is 9.57. The van der Waals surface area contributed by atoms with E-state index in [-0.39, 0.29) is 5.91 Å². The van der Waals surface area contributed by atoms with Crippen LogP contribution in [0.1, 0.15) is 26.6 Å². The molecule has 0 spiro atoms. The molecule has 1 aliphatic rings. The molecule has 7 nitrogen and oxygen atoms in total. The van der Waals surface area contributed by atoms with Gasteiger partial charge in [-0.25, -0.2) is 9.97 Å². The Morgan fingerprint density at radius 3 is 2.83 bits per heavy atom. The van der Waals surface area contributed by atoms with E-state index in [2.05, 4.69) is 27.3 Å². The summed E-state index contributed by atoms with van der Waals surface area (Å²) in [5, 5.41) is 8.82. The van der Waals surface area contributed by atoms with Gasteiger partial charge in [0.2, 0.25) is 0 Å². The summed E-state index contributed by atoms with van der Waals surface area (Å²) in [6.07, 6.45) is 2.71. The molecule has 5 rings (SSSR count). The van der Waals surface area contributed by atoms with Gasteiger partial charge in [0, 0.05) is 48.1 Å². The lowest BCUT2D eigenvalue weighted by atomic mass is 10.0. The van der Waals surface area contributed by atoms with E-state index >= 15 is 0 Å². The second kappa shape index (κ2) is 7.30. The summed E-state index contributed by atoms with van der Waals surface area (Å²) >= 11 is 1.56. The van der Waals surface area contributed by atoms with Gasteiger partial charge in [0.25, 0.3) is 5.91 Å². The van der Waals surface area contributed by atoms with Crippen molar-refractivity contribution in [2.75, 3.05) is 18.9 Å². The van der Waals surface area contributed by atoms with E-state index in [0.717, 1.165) is 53.1 Å². The summed E-state index contributed by atoms with van der Waals surface area (Å²) in [5.41, 5.74) is 5.13. The van der Waals surface area contributed by atoms with Crippen molar-refractivity contribution in [3.63, 3.8) is 0 Å². The van der Waals surface area contributed by atoms with E-state index in [1.54, 1.807) is 17.5 Å². The third-order valence-corrected chi connectivity index (χ3v) is 6.61. The molecule has 1 aliphatic heterocycles. The maximum absolute atomic E-state index is 13.3. The Balaban J connectivity index is 1.54. The minimum atomic E-state index is -0.171. The number of thiazole rings is 1. The molecule has 0 saturated carbocycles. The third kappa shape index (κ3) is 3.28. The van der Waals surface area contributed by atoms with Crippen molar-refractivity contribution in [3.8, 4) is 11.3 Å². The van der Waals surface area contributed by atoms with Crippen LogP contribution in [0.4, 0.5) is 5.13 Å². The van der Waals surface area contributed by atoms with Gasteiger partial charge < -0.3 is 4.90 Å². The number of benzene rings is 1. The Labute approximate surface area is 178 Å². The first kappa shape index (κ1) is 18.9. The number of pyridine rings is 1. The number of para-hydroxylation sites is 1. The van der Waals surface area contributed by atoms with E-state index in [0.29, 0.717) is 10.7 Å². The number of fused-ring (bicyclic) bond motifs is 2. The quantitative estimate of drug-likeness (QED) is 0.550. The Kier molecular flexibility index (Phi) is 4.60. The predicted octanol–water partition coefficient (Wildman–Crippen LogP) is 3.64. The number of aryl methyl sites for hydroxylation is 1. The normalized spacial score (nSPS) is 14.1. The topological polar surface area (TPSA) is 75.9 Å². The Hall–Kier alpha value is -3.10. The van der Waals surface area contributed by atoms with Gasteiger partial charge in [-0.2, -0.15) is 5.10 Å². The maximum atomic E-state index is 13.3. The molecule has 30 heavy (non-hydrogen) atoms. The number of amides is 1. The van der Waals surface area contributed by atoms with Crippen molar-refractivity contribution in [2.24, 2.45) is 7.05 Å². The fourth-order valence-electron chi connectivity index (χ4n) is 3.79. The maximum Gasteiger partial charge on any atom is 0.258 e. The standard InChI is InChI=1S/C22H22N6OS/c1-13-16(11-23-28(13)3)19-10-15(14-6-4-5-7-17(14)24-19)21(29)26-22-25-18-8-9-27(2)12-20(18)30-22/h4-7,10-11H,8-9,12H2,1-3H3,(H,25,26,29). The number of nitrogens with one attached hydrogen (secondary N) is 1. The third-order valence-electron chi connectivity index (χ3n) is 5.61. The van der Waals surface area contributed by atoms with Crippen LogP contribution >= 0.6 is 11.3 Å². The molecule has 0 fully saturated rings. The lowest BCUT2D eigenvalue weighted by molar-refractivity contribution is 0.102. The number of rotatable bonds is 3. The molecule has 3 aromatic heterocycles. The molecule has 0 saturated heterocycles. The number of likely N-dealkylation sites (N-methyl/N-ethyl adjacent to an activating group) is 1.